The number of halogens is 4. The van der Waals surface area contributed by atoms with Gasteiger partial charge in [0.15, 0.2) is 17.5 Å². The van der Waals surface area contributed by atoms with E-state index in [2.05, 4.69) is 0 Å². The minimum atomic E-state index is -1.62. The average molecular weight is 276 g/mol. The van der Waals surface area contributed by atoms with Gasteiger partial charge in [0.05, 0.1) is 10.7 Å². The Hall–Kier alpha value is -1.95. The van der Waals surface area contributed by atoms with Crippen molar-refractivity contribution in [1.82, 2.24) is 4.57 Å². The molecule has 7 heteroatoms. The number of aromatic carboxylic acids is 1. The smallest absolute Gasteiger partial charge is 0.352 e. The van der Waals surface area contributed by atoms with Gasteiger partial charge >= 0.3 is 5.97 Å². The highest BCUT2D eigenvalue weighted by molar-refractivity contribution is 6.31. The standard InChI is InChI=1S/C11H5ClF3NO2/c12-5-1-9(11(17)18)16(4-5)6-2-7(13)10(15)8(14)3-6/h1-4H,(H,17,18). The van der Waals surface area contributed by atoms with Crippen LogP contribution in [0.15, 0.2) is 24.4 Å². The first-order chi connectivity index (χ1) is 8.40. The lowest BCUT2D eigenvalue weighted by molar-refractivity contribution is 0.0688. The third kappa shape index (κ3) is 2.06. The van der Waals surface area contributed by atoms with Crippen LogP contribution >= 0.6 is 11.6 Å². The van der Waals surface area contributed by atoms with Crippen LogP contribution in [0.2, 0.25) is 5.02 Å². The average Bonchev–Trinajstić information content (AvgIpc) is 2.67. The second-order valence-electron chi connectivity index (χ2n) is 3.44. The fourth-order valence-corrected chi connectivity index (χ4v) is 1.69. The molecule has 0 radical (unpaired) electrons. The Morgan fingerprint density at radius 3 is 2.22 bits per heavy atom. The molecular weight excluding hydrogens is 271 g/mol. The Morgan fingerprint density at radius 1 is 1.17 bits per heavy atom. The number of hydrogen-bond donors (Lipinski definition) is 1. The van der Waals surface area contributed by atoms with Gasteiger partial charge < -0.3 is 9.67 Å². The Kier molecular flexibility index (Phi) is 3.04. The minimum absolute atomic E-state index is 0.0811. The van der Waals surface area contributed by atoms with Gasteiger partial charge in [-0.3, -0.25) is 0 Å². The lowest BCUT2D eigenvalue weighted by atomic mass is 10.2. The van der Waals surface area contributed by atoms with Crippen molar-refractivity contribution >= 4 is 17.6 Å². The molecule has 0 aliphatic rings. The summed E-state index contributed by atoms with van der Waals surface area (Å²) in [5, 5.41) is 8.97. The molecule has 94 valence electrons. The number of nitrogens with zero attached hydrogens (tertiary/aromatic N) is 1. The summed E-state index contributed by atoms with van der Waals surface area (Å²) in [6, 6.07) is 2.48. The Bertz CT molecular complexity index is 616. The van der Waals surface area contributed by atoms with Crippen LogP contribution in [0.25, 0.3) is 5.69 Å². The van der Waals surface area contributed by atoms with E-state index in [1.54, 1.807) is 0 Å². The van der Waals surface area contributed by atoms with Gasteiger partial charge in [-0.05, 0) is 6.07 Å². The molecule has 0 spiro atoms. The summed E-state index contributed by atoms with van der Waals surface area (Å²) in [5.41, 5.74) is -0.457. The Balaban J connectivity index is 2.65. The van der Waals surface area contributed by atoms with Crippen molar-refractivity contribution < 1.29 is 23.1 Å². The van der Waals surface area contributed by atoms with Crippen molar-refractivity contribution in [3.05, 3.63) is 52.6 Å². The molecular formula is C11H5ClF3NO2. The monoisotopic (exact) mass is 275 g/mol. The second kappa shape index (κ2) is 4.38. The van der Waals surface area contributed by atoms with Crippen LogP contribution in [0.1, 0.15) is 10.5 Å². The number of carbonyl (C=O) groups is 1. The summed E-state index contributed by atoms with van der Waals surface area (Å²) in [6.07, 6.45) is 1.16. The van der Waals surface area contributed by atoms with E-state index in [9.17, 15) is 18.0 Å². The van der Waals surface area contributed by atoms with Crippen LogP contribution in [-0.2, 0) is 0 Å². The molecule has 2 aromatic rings. The summed E-state index contributed by atoms with van der Waals surface area (Å²) in [6.45, 7) is 0. The van der Waals surface area contributed by atoms with Crippen molar-refractivity contribution in [1.29, 1.82) is 0 Å². The van der Waals surface area contributed by atoms with Gasteiger partial charge in [-0.2, -0.15) is 0 Å². The lowest BCUT2D eigenvalue weighted by Crippen LogP contribution is -2.07. The van der Waals surface area contributed by atoms with E-state index in [0.29, 0.717) is 12.1 Å². The molecule has 1 heterocycles. The summed E-state index contributed by atoms with van der Waals surface area (Å²) >= 11 is 5.62. The van der Waals surface area contributed by atoms with E-state index in [1.165, 1.54) is 0 Å². The molecule has 0 unspecified atom stereocenters. The van der Waals surface area contributed by atoms with Gasteiger partial charge in [0.25, 0.3) is 0 Å². The zero-order valence-electron chi connectivity index (χ0n) is 8.62. The molecule has 0 amide bonds. The van der Waals surface area contributed by atoms with Crippen molar-refractivity contribution in [3.8, 4) is 5.69 Å². The van der Waals surface area contributed by atoms with Gasteiger partial charge in [-0.25, -0.2) is 18.0 Å². The number of rotatable bonds is 2. The molecule has 1 aromatic carbocycles. The Labute approximate surface area is 104 Å². The van der Waals surface area contributed by atoms with Crippen molar-refractivity contribution in [2.75, 3.05) is 0 Å². The maximum atomic E-state index is 13.1. The maximum absolute atomic E-state index is 13.1. The fourth-order valence-electron chi connectivity index (χ4n) is 1.49. The third-order valence-corrected chi connectivity index (χ3v) is 2.46. The molecule has 3 nitrogen and oxygen atoms in total. The zero-order valence-corrected chi connectivity index (χ0v) is 9.38. The van der Waals surface area contributed by atoms with E-state index in [0.717, 1.165) is 16.8 Å². The number of hydrogen-bond acceptors (Lipinski definition) is 1. The van der Waals surface area contributed by atoms with Crippen LogP contribution in [0.5, 0.6) is 0 Å². The summed E-state index contributed by atoms with van der Waals surface area (Å²) in [5.74, 6) is -5.77. The largest absolute Gasteiger partial charge is 0.477 e. The van der Waals surface area contributed by atoms with Crippen molar-refractivity contribution in [2.45, 2.75) is 0 Å². The topological polar surface area (TPSA) is 42.2 Å². The van der Waals surface area contributed by atoms with Gasteiger partial charge in [-0.1, -0.05) is 11.6 Å². The van der Waals surface area contributed by atoms with E-state index in [1.807, 2.05) is 0 Å². The second-order valence-corrected chi connectivity index (χ2v) is 3.88. The van der Waals surface area contributed by atoms with Crippen LogP contribution in [-0.4, -0.2) is 15.6 Å². The molecule has 0 saturated carbocycles. The molecule has 0 bridgehead atoms. The van der Waals surface area contributed by atoms with E-state index < -0.39 is 23.4 Å². The Morgan fingerprint density at radius 2 is 1.72 bits per heavy atom. The SMILES string of the molecule is O=C(O)c1cc(Cl)cn1-c1cc(F)c(F)c(F)c1. The molecule has 0 aliphatic heterocycles. The first-order valence-corrected chi connectivity index (χ1v) is 5.04. The third-order valence-electron chi connectivity index (χ3n) is 2.25. The van der Waals surface area contributed by atoms with Crippen LogP contribution in [0.3, 0.4) is 0 Å². The van der Waals surface area contributed by atoms with Crippen molar-refractivity contribution in [2.24, 2.45) is 0 Å². The normalized spacial score (nSPS) is 10.7. The molecule has 0 aliphatic carbocycles. The lowest BCUT2D eigenvalue weighted by Gasteiger charge is -2.07. The molecule has 18 heavy (non-hydrogen) atoms. The first-order valence-electron chi connectivity index (χ1n) is 4.66. The van der Waals surface area contributed by atoms with Crippen LogP contribution in [0.4, 0.5) is 13.2 Å². The number of carboxylic acid groups (broad SMARTS) is 1. The number of aromatic nitrogens is 1. The first kappa shape index (κ1) is 12.5. The maximum Gasteiger partial charge on any atom is 0.352 e. The number of benzene rings is 1. The molecule has 0 saturated heterocycles. The highest BCUT2D eigenvalue weighted by Crippen LogP contribution is 2.22. The van der Waals surface area contributed by atoms with Gasteiger partial charge in [-0.15, -0.1) is 0 Å². The highest BCUT2D eigenvalue weighted by Gasteiger charge is 2.17. The van der Waals surface area contributed by atoms with E-state index >= 15 is 0 Å². The predicted molar refractivity (Wildman–Crippen MR) is 57.6 cm³/mol. The molecule has 1 N–H and O–H groups in total. The quantitative estimate of drug-likeness (QED) is 0.855. The molecule has 0 atom stereocenters. The molecule has 2 rings (SSSR count). The summed E-state index contributed by atoms with van der Waals surface area (Å²) in [4.78, 5) is 10.9. The van der Waals surface area contributed by atoms with Gasteiger partial charge in [0.1, 0.15) is 5.69 Å². The summed E-state index contributed by atoms with van der Waals surface area (Å²) in [7, 11) is 0. The highest BCUT2D eigenvalue weighted by atomic mass is 35.5. The van der Waals surface area contributed by atoms with Gasteiger partial charge in [0.2, 0.25) is 0 Å². The summed E-state index contributed by atoms with van der Waals surface area (Å²) < 4.78 is 39.9. The predicted octanol–water partition coefficient (Wildman–Crippen LogP) is 3.25. The molecule has 0 fully saturated rings. The van der Waals surface area contributed by atoms with Gasteiger partial charge in [0, 0.05) is 18.3 Å². The van der Waals surface area contributed by atoms with Crippen molar-refractivity contribution in [3.63, 3.8) is 0 Å². The fraction of sp³-hybridized carbons (Fsp3) is 0. The molecule has 1 aromatic heterocycles. The van der Waals surface area contributed by atoms with Crippen LogP contribution < -0.4 is 0 Å². The van der Waals surface area contributed by atoms with Crippen LogP contribution in [0, 0.1) is 17.5 Å². The minimum Gasteiger partial charge on any atom is -0.477 e. The van der Waals surface area contributed by atoms with E-state index in [-0.39, 0.29) is 16.4 Å². The van der Waals surface area contributed by atoms with E-state index in [4.69, 9.17) is 16.7 Å². The number of carboxylic acids is 1. The zero-order chi connectivity index (χ0) is 13.4.